The first-order valence-electron chi connectivity index (χ1n) is 4.48. The molecule has 0 bridgehead atoms. The molecule has 2 rings (SSSR count). The summed E-state index contributed by atoms with van der Waals surface area (Å²) in [7, 11) is 0. The summed E-state index contributed by atoms with van der Waals surface area (Å²) in [6.07, 6.45) is 1.08. The molecule has 0 radical (unpaired) electrons. The van der Waals surface area contributed by atoms with Gasteiger partial charge < -0.3 is 0 Å². The molecular formula is C8H12N4S. The van der Waals surface area contributed by atoms with Crippen molar-refractivity contribution in [1.29, 1.82) is 0 Å². The van der Waals surface area contributed by atoms with E-state index in [1.807, 2.05) is 10.7 Å². The maximum absolute atomic E-state index is 4.42. The minimum absolute atomic E-state index is 0.126. The molecule has 1 atom stereocenters. The molecule has 0 saturated carbocycles. The first kappa shape index (κ1) is 8.74. The van der Waals surface area contributed by atoms with Crippen molar-refractivity contribution in [2.75, 3.05) is 5.75 Å². The van der Waals surface area contributed by atoms with Gasteiger partial charge >= 0.3 is 0 Å². The highest BCUT2D eigenvalue weighted by Crippen LogP contribution is 2.32. The molecule has 1 aromatic heterocycles. The van der Waals surface area contributed by atoms with Crippen LogP contribution in [-0.4, -0.2) is 15.5 Å². The first-order chi connectivity index (χ1) is 6.35. The predicted octanol–water partition coefficient (Wildman–Crippen LogP) is 3.00. The summed E-state index contributed by atoms with van der Waals surface area (Å²) in [6.45, 7) is 4.21. The lowest BCUT2D eigenvalue weighted by Crippen LogP contribution is -2.02. The molecule has 0 amide bonds. The van der Waals surface area contributed by atoms with Crippen LogP contribution < -0.4 is 0 Å². The zero-order chi connectivity index (χ0) is 9.26. The molecule has 70 valence electrons. The maximum atomic E-state index is 4.42. The number of hydrogen-bond acceptors (Lipinski definition) is 4. The van der Waals surface area contributed by atoms with Crippen LogP contribution in [0.3, 0.4) is 0 Å². The van der Waals surface area contributed by atoms with Crippen LogP contribution in [0, 0.1) is 0 Å². The summed E-state index contributed by atoms with van der Waals surface area (Å²) in [6, 6.07) is 1.99. The third-order valence-corrected chi connectivity index (χ3v) is 2.71. The van der Waals surface area contributed by atoms with Crippen LogP contribution in [0.1, 0.15) is 26.4 Å². The molecule has 0 aliphatic carbocycles. The average Bonchev–Trinajstić information content (AvgIpc) is 2.63. The largest absolute Gasteiger partial charge is 0.218 e. The molecule has 2 heterocycles. The van der Waals surface area contributed by atoms with Gasteiger partial charge in [-0.2, -0.15) is 10.2 Å². The van der Waals surface area contributed by atoms with E-state index in [-0.39, 0.29) is 6.17 Å². The maximum Gasteiger partial charge on any atom is 0.175 e. The van der Waals surface area contributed by atoms with Gasteiger partial charge in [0.05, 0.1) is 0 Å². The van der Waals surface area contributed by atoms with E-state index in [2.05, 4.69) is 29.2 Å². The second kappa shape index (κ2) is 3.49. The van der Waals surface area contributed by atoms with Gasteiger partial charge in [0.15, 0.2) is 12.0 Å². The summed E-state index contributed by atoms with van der Waals surface area (Å²) in [5.41, 5.74) is 0. The van der Waals surface area contributed by atoms with Gasteiger partial charge in [-0.25, -0.2) is 4.68 Å². The molecule has 1 aliphatic heterocycles. The van der Waals surface area contributed by atoms with Gasteiger partial charge in [-0.1, -0.05) is 13.8 Å². The summed E-state index contributed by atoms with van der Waals surface area (Å²) in [5.74, 6) is 1.94. The fraction of sp³-hybridized carbons (Fsp3) is 0.625. The molecule has 4 nitrogen and oxygen atoms in total. The lowest BCUT2D eigenvalue weighted by Gasteiger charge is -2.02. The van der Waals surface area contributed by atoms with E-state index in [1.165, 1.54) is 0 Å². The number of rotatable bonds is 3. The van der Waals surface area contributed by atoms with Gasteiger partial charge in [-0.15, -0.1) is 16.9 Å². The van der Waals surface area contributed by atoms with E-state index >= 15 is 0 Å². The lowest BCUT2D eigenvalue weighted by molar-refractivity contribution is 0.472. The molecular weight excluding hydrogens is 184 g/mol. The fourth-order valence-corrected chi connectivity index (χ4v) is 1.93. The Labute approximate surface area is 81.4 Å². The van der Waals surface area contributed by atoms with Crippen molar-refractivity contribution in [3.63, 3.8) is 0 Å². The Bertz CT molecular complexity index is 331. The van der Waals surface area contributed by atoms with Crippen LogP contribution >= 0.6 is 11.8 Å². The quantitative estimate of drug-likeness (QED) is 0.697. The van der Waals surface area contributed by atoms with Crippen molar-refractivity contribution in [3.05, 3.63) is 6.07 Å². The summed E-state index contributed by atoms with van der Waals surface area (Å²) < 4.78 is 1.90. The van der Waals surface area contributed by atoms with E-state index in [0.29, 0.717) is 0 Å². The van der Waals surface area contributed by atoms with Crippen LogP contribution in [-0.2, 0) is 0 Å². The number of nitrogens with zero attached hydrogens (tertiary/aromatic N) is 4. The van der Waals surface area contributed by atoms with Gasteiger partial charge in [-0.05, 0) is 12.2 Å². The zero-order valence-electron chi connectivity index (χ0n) is 7.77. The molecule has 0 saturated heterocycles. The second-order valence-corrected chi connectivity index (χ2v) is 4.11. The third kappa shape index (κ3) is 1.48. The number of thioether (sulfide) groups is 1. The van der Waals surface area contributed by atoms with Crippen LogP contribution in [0.5, 0.6) is 0 Å². The number of fused-ring (bicyclic) bond motifs is 1. The monoisotopic (exact) mass is 196 g/mol. The van der Waals surface area contributed by atoms with E-state index in [4.69, 9.17) is 0 Å². The smallest absolute Gasteiger partial charge is 0.175 e. The van der Waals surface area contributed by atoms with Crippen molar-refractivity contribution in [3.8, 4) is 0 Å². The van der Waals surface area contributed by atoms with Gasteiger partial charge in [0.25, 0.3) is 0 Å². The molecule has 0 fully saturated rings. The Morgan fingerprint density at radius 2 is 2.38 bits per heavy atom. The van der Waals surface area contributed by atoms with Gasteiger partial charge in [0, 0.05) is 6.07 Å². The average molecular weight is 196 g/mol. The van der Waals surface area contributed by atoms with Gasteiger partial charge in [0.2, 0.25) is 0 Å². The van der Waals surface area contributed by atoms with Crippen molar-refractivity contribution in [1.82, 2.24) is 9.78 Å². The van der Waals surface area contributed by atoms with Crippen LogP contribution in [0.2, 0.25) is 0 Å². The van der Waals surface area contributed by atoms with Crippen molar-refractivity contribution >= 4 is 17.6 Å². The highest BCUT2D eigenvalue weighted by molar-refractivity contribution is 7.99. The highest BCUT2D eigenvalue weighted by atomic mass is 32.2. The SMILES string of the molecule is CCSc1cc2n(n1)C(CC)N=N2. The first-order valence-corrected chi connectivity index (χ1v) is 5.47. The zero-order valence-corrected chi connectivity index (χ0v) is 8.58. The van der Waals surface area contributed by atoms with Crippen LogP contribution in [0.25, 0.3) is 0 Å². The molecule has 0 spiro atoms. The number of azo groups is 1. The summed E-state index contributed by atoms with van der Waals surface area (Å²) in [4.78, 5) is 0. The molecule has 0 aromatic carbocycles. The lowest BCUT2D eigenvalue weighted by atomic mass is 10.4. The Balaban J connectivity index is 2.25. The van der Waals surface area contributed by atoms with Crippen molar-refractivity contribution in [2.24, 2.45) is 10.2 Å². The number of hydrogen-bond donors (Lipinski definition) is 0. The standard InChI is InChI=1S/C8H12N4S/c1-3-6-9-10-7-5-8(13-4-2)11-12(6)7/h5-6H,3-4H2,1-2H3. The highest BCUT2D eigenvalue weighted by Gasteiger charge is 2.19. The van der Waals surface area contributed by atoms with Crippen molar-refractivity contribution in [2.45, 2.75) is 31.5 Å². The summed E-state index contributed by atoms with van der Waals surface area (Å²) in [5, 5.41) is 13.6. The summed E-state index contributed by atoms with van der Waals surface area (Å²) >= 11 is 1.74. The van der Waals surface area contributed by atoms with Gasteiger partial charge in [-0.3, -0.25) is 0 Å². The predicted molar refractivity (Wildman–Crippen MR) is 52.5 cm³/mol. The van der Waals surface area contributed by atoms with Gasteiger partial charge in [0.1, 0.15) is 5.03 Å². The third-order valence-electron chi connectivity index (χ3n) is 1.93. The molecule has 1 aromatic rings. The Hall–Kier alpha value is -0.840. The van der Waals surface area contributed by atoms with E-state index in [0.717, 1.165) is 23.0 Å². The Morgan fingerprint density at radius 3 is 3.08 bits per heavy atom. The Morgan fingerprint density at radius 1 is 1.54 bits per heavy atom. The molecule has 13 heavy (non-hydrogen) atoms. The normalized spacial score (nSPS) is 19.4. The van der Waals surface area contributed by atoms with Crippen LogP contribution in [0.15, 0.2) is 21.3 Å². The minimum Gasteiger partial charge on any atom is -0.218 e. The second-order valence-electron chi connectivity index (χ2n) is 2.82. The van der Waals surface area contributed by atoms with E-state index < -0.39 is 0 Å². The number of aromatic nitrogens is 2. The molecule has 1 aliphatic rings. The minimum atomic E-state index is 0.126. The fourth-order valence-electron chi connectivity index (χ4n) is 1.30. The van der Waals surface area contributed by atoms with E-state index in [9.17, 15) is 0 Å². The molecule has 5 heteroatoms. The van der Waals surface area contributed by atoms with Crippen molar-refractivity contribution < 1.29 is 0 Å². The Kier molecular flexibility index (Phi) is 2.35. The topological polar surface area (TPSA) is 42.5 Å². The molecule has 1 unspecified atom stereocenters. The molecule has 0 N–H and O–H groups in total. The van der Waals surface area contributed by atoms with Crippen LogP contribution in [0.4, 0.5) is 5.82 Å². The van der Waals surface area contributed by atoms with E-state index in [1.54, 1.807) is 11.8 Å².